The van der Waals surface area contributed by atoms with Crippen molar-refractivity contribution in [3.8, 4) is 0 Å². The molecule has 3 nitrogen and oxygen atoms in total. The maximum absolute atomic E-state index is 12.8. The molecule has 1 heterocycles. The van der Waals surface area contributed by atoms with Crippen LogP contribution in [0.2, 0.25) is 0 Å². The van der Waals surface area contributed by atoms with Gasteiger partial charge in [-0.25, -0.2) is 0 Å². The van der Waals surface area contributed by atoms with Gasteiger partial charge >= 0.3 is 0 Å². The number of hydrogen-bond acceptors (Lipinski definition) is 2. The molecule has 0 aliphatic rings. The van der Waals surface area contributed by atoms with E-state index in [4.69, 9.17) is 0 Å². The smallest absolute Gasteiger partial charge is 0.187 e. The lowest BCUT2D eigenvalue weighted by Gasteiger charge is -2.14. The van der Waals surface area contributed by atoms with E-state index in [0.717, 1.165) is 27.6 Å². The third-order valence-corrected chi connectivity index (χ3v) is 3.91. The molecule has 0 spiro atoms. The molecule has 0 saturated carbocycles. The molecular formula is C18H18N2O. The summed E-state index contributed by atoms with van der Waals surface area (Å²) in [6.45, 7) is 5.88. The molecule has 21 heavy (non-hydrogen) atoms. The van der Waals surface area contributed by atoms with E-state index >= 15 is 0 Å². The lowest BCUT2D eigenvalue weighted by molar-refractivity contribution is 0.0930. The number of aromatic nitrogens is 2. The first-order valence-electron chi connectivity index (χ1n) is 7.11. The fraction of sp³-hybridized carbons (Fsp3) is 0.222. The monoisotopic (exact) mass is 278 g/mol. The molecule has 0 aliphatic carbocycles. The minimum atomic E-state index is -0.314. The molecule has 1 unspecified atom stereocenters. The molecule has 0 bridgehead atoms. The molecule has 2 aromatic carbocycles. The van der Waals surface area contributed by atoms with E-state index in [9.17, 15) is 4.79 Å². The molecular weight excluding hydrogens is 260 g/mol. The van der Waals surface area contributed by atoms with E-state index in [-0.39, 0.29) is 11.8 Å². The number of benzene rings is 2. The second kappa shape index (κ2) is 5.17. The first-order chi connectivity index (χ1) is 10.1. The van der Waals surface area contributed by atoms with E-state index in [1.807, 2.05) is 69.4 Å². The number of hydrogen-bond donors (Lipinski definition) is 0. The highest BCUT2D eigenvalue weighted by molar-refractivity contribution is 6.00. The highest BCUT2D eigenvalue weighted by Crippen LogP contribution is 2.22. The van der Waals surface area contributed by atoms with E-state index in [1.54, 1.807) is 4.68 Å². The number of para-hydroxylation sites is 1. The van der Waals surface area contributed by atoms with Crippen LogP contribution in [-0.4, -0.2) is 15.6 Å². The highest BCUT2D eigenvalue weighted by Gasteiger charge is 2.20. The lowest BCUT2D eigenvalue weighted by Crippen LogP contribution is -2.18. The van der Waals surface area contributed by atoms with Crippen molar-refractivity contribution >= 4 is 16.7 Å². The second-order valence-electron chi connectivity index (χ2n) is 5.51. The minimum absolute atomic E-state index is 0.102. The van der Waals surface area contributed by atoms with Gasteiger partial charge < -0.3 is 0 Å². The molecule has 106 valence electrons. The number of aryl methyl sites for hydroxylation is 2. The molecule has 0 amide bonds. The van der Waals surface area contributed by atoms with Gasteiger partial charge in [0.05, 0.1) is 11.7 Å². The maximum Gasteiger partial charge on any atom is 0.187 e. The topological polar surface area (TPSA) is 34.9 Å². The second-order valence-corrected chi connectivity index (χ2v) is 5.51. The Morgan fingerprint density at radius 1 is 1.14 bits per heavy atom. The molecule has 0 saturated heterocycles. The summed E-state index contributed by atoms with van der Waals surface area (Å²) in [5.41, 5.74) is 3.88. The number of nitrogens with zero attached hydrogens (tertiary/aromatic N) is 2. The van der Waals surface area contributed by atoms with Crippen LogP contribution in [0.15, 0.2) is 48.7 Å². The number of carbonyl (C=O) groups is 1. The average Bonchev–Trinajstić information content (AvgIpc) is 2.92. The van der Waals surface area contributed by atoms with Gasteiger partial charge in [-0.3, -0.25) is 9.48 Å². The van der Waals surface area contributed by atoms with Gasteiger partial charge in [0, 0.05) is 10.9 Å². The van der Waals surface area contributed by atoms with Gasteiger partial charge in [-0.1, -0.05) is 35.9 Å². The van der Waals surface area contributed by atoms with E-state index in [2.05, 4.69) is 5.10 Å². The summed E-state index contributed by atoms with van der Waals surface area (Å²) < 4.78 is 1.80. The zero-order chi connectivity index (χ0) is 15.0. The van der Waals surface area contributed by atoms with Crippen molar-refractivity contribution in [1.82, 2.24) is 9.78 Å². The third-order valence-electron chi connectivity index (χ3n) is 3.91. The van der Waals surface area contributed by atoms with Crippen LogP contribution in [0.4, 0.5) is 0 Å². The summed E-state index contributed by atoms with van der Waals surface area (Å²) in [6, 6.07) is 13.6. The SMILES string of the molecule is Cc1ccc(C)c(C(=O)C(C)n2ncc3ccccc32)c1. The fourth-order valence-electron chi connectivity index (χ4n) is 2.64. The molecule has 3 aromatic rings. The first kappa shape index (κ1) is 13.6. The molecule has 0 radical (unpaired) electrons. The van der Waals surface area contributed by atoms with E-state index < -0.39 is 0 Å². The van der Waals surface area contributed by atoms with E-state index in [0.29, 0.717) is 0 Å². The minimum Gasteiger partial charge on any atom is -0.292 e. The molecule has 3 rings (SSSR count). The standard InChI is InChI=1S/C18H18N2O/c1-12-8-9-13(2)16(10-12)18(21)14(3)20-17-7-5-4-6-15(17)11-19-20/h4-11,14H,1-3H3. The Bertz CT molecular complexity index is 817. The third kappa shape index (κ3) is 2.35. The van der Waals surface area contributed by atoms with Gasteiger partial charge in [-0.2, -0.15) is 5.10 Å². The Kier molecular flexibility index (Phi) is 3.34. The lowest BCUT2D eigenvalue weighted by atomic mass is 9.98. The number of rotatable bonds is 3. The van der Waals surface area contributed by atoms with Crippen LogP contribution < -0.4 is 0 Å². The summed E-state index contributed by atoms with van der Waals surface area (Å²) >= 11 is 0. The molecule has 3 heteroatoms. The van der Waals surface area contributed by atoms with Crippen LogP contribution >= 0.6 is 0 Å². The Balaban J connectivity index is 2.03. The Morgan fingerprint density at radius 2 is 1.90 bits per heavy atom. The van der Waals surface area contributed by atoms with Crippen LogP contribution in [0.3, 0.4) is 0 Å². The Hall–Kier alpha value is -2.42. The van der Waals surface area contributed by atoms with Crippen molar-refractivity contribution in [2.75, 3.05) is 0 Å². The van der Waals surface area contributed by atoms with Crippen molar-refractivity contribution in [3.63, 3.8) is 0 Å². The fourth-order valence-corrected chi connectivity index (χ4v) is 2.64. The number of Topliss-reactive ketones (excluding diaryl/α,β-unsaturated/α-hetero) is 1. The summed E-state index contributed by atoms with van der Waals surface area (Å²) in [4.78, 5) is 12.8. The van der Waals surface area contributed by atoms with Gasteiger partial charge in [-0.05, 0) is 38.5 Å². The van der Waals surface area contributed by atoms with E-state index in [1.165, 1.54) is 0 Å². The number of carbonyl (C=O) groups excluding carboxylic acids is 1. The molecule has 1 atom stereocenters. The van der Waals surface area contributed by atoms with Crippen molar-refractivity contribution in [3.05, 3.63) is 65.4 Å². The van der Waals surface area contributed by atoms with Crippen LogP contribution in [0, 0.1) is 13.8 Å². The van der Waals surface area contributed by atoms with Crippen molar-refractivity contribution in [1.29, 1.82) is 0 Å². The van der Waals surface area contributed by atoms with Crippen LogP contribution in [0.25, 0.3) is 10.9 Å². The Labute approximate surface area is 124 Å². The van der Waals surface area contributed by atoms with Crippen molar-refractivity contribution in [2.45, 2.75) is 26.8 Å². The molecule has 0 aliphatic heterocycles. The average molecular weight is 278 g/mol. The highest BCUT2D eigenvalue weighted by atomic mass is 16.1. The predicted molar refractivity (Wildman–Crippen MR) is 84.7 cm³/mol. The van der Waals surface area contributed by atoms with Crippen LogP contribution in [0.1, 0.15) is 34.5 Å². The van der Waals surface area contributed by atoms with Crippen molar-refractivity contribution in [2.24, 2.45) is 0 Å². The zero-order valence-corrected chi connectivity index (χ0v) is 12.5. The van der Waals surface area contributed by atoms with Crippen LogP contribution in [-0.2, 0) is 0 Å². The quantitative estimate of drug-likeness (QED) is 0.676. The van der Waals surface area contributed by atoms with Gasteiger partial charge in [-0.15, -0.1) is 0 Å². The van der Waals surface area contributed by atoms with Gasteiger partial charge in [0.2, 0.25) is 0 Å². The summed E-state index contributed by atoms with van der Waals surface area (Å²) in [7, 11) is 0. The summed E-state index contributed by atoms with van der Waals surface area (Å²) in [6.07, 6.45) is 1.81. The molecule has 0 fully saturated rings. The normalized spacial score (nSPS) is 12.5. The van der Waals surface area contributed by atoms with Crippen LogP contribution in [0.5, 0.6) is 0 Å². The molecule has 1 aromatic heterocycles. The van der Waals surface area contributed by atoms with Gasteiger partial charge in [0.25, 0.3) is 0 Å². The predicted octanol–water partition coefficient (Wildman–Crippen LogP) is 4.10. The van der Waals surface area contributed by atoms with Gasteiger partial charge in [0.1, 0.15) is 6.04 Å². The summed E-state index contributed by atoms with van der Waals surface area (Å²) in [5.74, 6) is 0.102. The maximum atomic E-state index is 12.8. The van der Waals surface area contributed by atoms with Gasteiger partial charge in [0.15, 0.2) is 5.78 Å². The summed E-state index contributed by atoms with van der Waals surface area (Å²) in [5, 5.41) is 5.44. The number of fused-ring (bicyclic) bond motifs is 1. The number of ketones is 1. The largest absolute Gasteiger partial charge is 0.292 e. The zero-order valence-electron chi connectivity index (χ0n) is 12.5. The van der Waals surface area contributed by atoms with Crippen molar-refractivity contribution < 1.29 is 4.79 Å². The Morgan fingerprint density at radius 3 is 2.71 bits per heavy atom. The first-order valence-corrected chi connectivity index (χ1v) is 7.11. The molecule has 0 N–H and O–H groups in total.